The lowest BCUT2D eigenvalue weighted by atomic mass is 10.2. The van der Waals surface area contributed by atoms with Gasteiger partial charge in [-0.15, -0.1) is 0 Å². The molecule has 2 heterocycles. The molecule has 2 fully saturated rings. The molecule has 3 nitrogen and oxygen atoms in total. The van der Waals surface area contributed by atoms with Gasteiger partial charge in [-0.3, -0.25) is 0 Å². The highest BCUT2D eigenvalue weighted by Crippen LogP contribution is 2.20. The van der Waals surface area contributed by atoms with Crippen molar-refractivity contribution in [3.63, 3.8) is 0 Å². The van der Waals surface area contributed by atoms with E-state index in [1.54, 1.807) is 0 Å². The van der Waals surface area contributed by atoms with E-state index >= 15 is 0 Å². The van der Waals surface area contributed by atoms with Gasteiger partial charge in [-0.25, -0.2) is 0 Å². The predicted octanol–water partition coefficient (Wildman–Crippen LogP) is 2.24. The summed E-state index contributed by atoms with van der Waals surface area (Å²) in [6.45, 7) is 4.90. The van der Waals surface area contributed by atoms with Crippen molar-refractivity contribution < 1.29 is 0 Å². The first kappa shape index (κ1) is 12.2. The Bertz CT molecular complexity index is 303. The SMILES string of the molecule is C1CCNC1.Nc1ccc(N2CCCC2)cc1. The summed E-state index contributed by atoms with van der Waals surface area (Å²) in [5, 5.41) is 3.22. The third-order valence-corrected chi connectivity index (χ3v) is 3.32. The number of nitrogens with two attached hydrogens (primary N) is 1. The van der Waals surface area contributed by atoms with Crippen molar-refractivity contribution in [2.24, 2.45) is 0 Å². The second-order valence-electron chi connectivity index (χ2n) is 4.74. The molecule has 2 aliphatic rings. The maximum Gasteiger partial charge on any atom is 0.0367 e. The van der Waals surface area contributed by atoms with Crippen LogP contribution in [-0.4, -0.2) is 26.2 Å². The normalized spacial score (nSPS) is 18.9. The van der Waals surface area contributed by atoms with Gasteiger partial charge in [0, 0.05) is 24.5 Å². The predicted molar refractivity (Wildman–Crippen MR) is 74.4 cm³/mol. The summed E-state index contributed by atoms with van der Waals surface area (Å²) in [5.41, 5.74) is 7.76. The number of hydrogen-bond donors (Lipinski definition) is 2. The molecule has 17 heavy (non-hydrogen) atoms. The molecular weight excluding hydrogens is 210 g/mol. The van der Waals surface area contributed by atoms with E-state index in [4.69, 9.17) is 5.73 Å². The molecule has 0 amide bonds. The third-order valence-electron chi connectivity index (χ3n) is 3.32. The van der Waals surface area contributed by atoms with Gasteiger partial charge in [0.1, 0.15) is 0 Å². The molecule has 0 unspecified atom stereocenters. The summed E-state index contributed by atoms with van der Waals surface area (Å²) in [4.78, 5) is 2.40. The zero-order chi connectivity index (χ0) is 11.9. The smallest absolute Gasteiger partial charge is 0.0367 e. The van der Waals surface area contributed by atoms with Gasteiger partial charge >= 0.3 is 0 Å². The average molecular weight is 233 g/mol. The van der Waals surface area contributed by atoms with Gasteiger partial charge in [0.05, 0.1) is 0 Å². The molecule has 3 rings (SSSR count). The van der Waals surface area contributed by atoms with Crippen LogP contribution in [0.3, 0.4) is 0 Å². The van der Waals surface area contributed by atoms with E-state index < -0.39 is 0 Å². The van der Waals surface area contributed by atoms with Crippen molar-refractivity contribution in [2.45, 2.75) is 25.7 Å². The highest BCUT2D eigenvalue weighted by molar-refractivity contribution is 5.53. The van der Waals surface area contributed by atoms with Crippen LogP contribution in [0.15, 0.2) is 24.3 Å². The Kier molecular flexibility index (Phi) is 4.68. The van der Waals surface area contributed by atoms with Crippen molar-refractivity contribution in [2.75, 3.05) is 36.8 Å². The highest BCUT2D eigenvalue weighted by Gasteiger charge is 2.11. The number of rotatable bonds is 1. The molecule has 2 aliphatic heterocycles. The molecule has 0 atom stereocenters. The van der Waals surface area contributed by atoms with E-state index in [0.29, 0.717) is 0 Å². The second-order valence-corrected chi connectivity index (χ2v) is 4.74. The van der Waals surface area contributed by atoms with Crippen LogP contribution in [0.1, 0.15) is 25.7 Å². The Balaban J connectivity index is 0.000000181. The molecule has 0 radical (unpaired) electrons. The van der Waals surface area contributed by atoms with E-state index in [0.717, 1.165) is 5.69 Å². The Morgan fingerprint density at radius 2 is 1.47 bits per heavy atom. The Hall–Kier alpha value is -1.22. The summed E-state index contributed by atoms with van der Waals surface area (Å²) in [7, 11) is 0. The number of hydrogen-bond acceptors (Lipinski definition) is 3. The van der Waals surface area contributed by atoms with E-state index in [2.05, 4.69) is 22.3 Å². The van der Waals surface area contributed by atoms with E-state index in [1.165, 1.54) is 57.5 Å². The molecule has 0 aliphatic carbocycles. The highest BCUT2D eigenvalue weighted by atomic mass is 15.1. The standard InChI is InChI=1S/C10H14N2.C4H9N/c11-9-3-5-10(6-4-9)12-7-1-2-8-12;1-2-4-5-3-1/h3-6H,1-2,7-8,11H2;5H,1-4H2. The number of anilines is 2. The number of nitrogens with zero attached hydrogens (tertiary/aromatic N) is 1. The summed E-state index contributed by atoms with van der Waals surface area (Å²) in [6, 6.07) is 8.13. The molecule has 1 aromatic carbocycles. The quantitative estimate of drug-likeness (QED) is 0.731. The topological polar surface area (TPSA) is 41.3 Å². The monoisotopic (exact) mass is 233 g/mol. The molecule has 3 N–H and O–H groups in total. The van der Waals surface area contributed by atoms with Gasteiger partial charge in [0.25, 0.3) is 0 Å². The Morgan fingerprint density at radius 1 is 0.882 bits per heavy atom. The minimum Gasteiger partial charge on any atom is -0.399 e. The van der Waals surface area contributed by atoms with Crippen LogP contribution in [-0.2, 0) is 0 Å². The molecule has 3 heteroatoms. The van der Waals surface area contributed by atoms with E-state index in [9.17, 15) is 0 Å². The van der Waals surface area contributed by atoms with Crippen LogP contribution in [0.5, 0.6) is 0 Å². The fraction of sp³-hybridized carbons (Fsp3) is 0.571. The zero-order valence-electron chi connectivity index (χ0n) is 10.5. The largest absolute Gasteiger partial charge is 0.399 e. The molecule has 1 aromatic rings. The first-order valence-corrected chi connectivity index (χ1v) is 6.67. The van der Waals surface area contributed by atoms with Crippen molar-refractivity contribution >= 4 is 11.4 Å². The first-order valence-electron chi connectivity index (χ1n) is 6.67. The molecule has 0 bridgehead atoms. The summed E-state index contributed by atoms with van der Waals surface area (Å²) in [6.07, 6.45) is 5.43. The summed E-state index contributed by atoms with van der Waals surface area (Å²) < 4.78 is 0. The number of benzene rings is 1. The van der Waals surface area contributed by atoms with Crippen LogP contribution in [0.25, 0.3) is 0 Å². The first-order chi connectivity index (χ1) is 8.36. The van der Waals surface area contributed by atoms with Crippen LogP contribution >= 0.6 is 0 Å². The average Bonchev–Trinajstić information content (AvgIpc) is 3.06. The lowest BCUT2D eigenvalue weighted by molar-refractivity contribution is 0.857. The maximum atomic E-state index is 5.61. The van der Waals surface area contributed by atoms with Crippen molar-refractivity contribution in [3.8, 4) is 0 Å². The van der Waals surface area contributed by atoms with Crippen LogP contribution < -0.4 is 16.0 Å². The van der Waals surface area contributed by atoms with Gasteiger partial charge in [0.2, 0.25) is 0 Å². The van der Waals surface area contributed by atoms with Crippen LogP contribution in [0, 0.1) is 0 Å². The molecule has 2 saturated heterocycles. The molecule has 94 valence electrons. The third kappa shape index (κ3) is 3.93. The van der Waals surface area contributed by atoms with Crippen LogP contribution in [0.2, 0.25) is 0 Å². The minimum atomic E-state index is 0.845. The zero-order valence-corrected chi connectivity index (χ0v) is 10.5. The fourth-order valence-electron chi connectivity index (χ4n) is 2.29. The number of nitrogens with one attached hydrogen (secondary N) is 1. The lowest BCUT2D eigenvalue weighted by Crippen LogP contribution is -2.17. The summed E-state index contributed by atoms with van der Waals surface area (Å²) in [5.74, 6) is 0. The minimum absolute atomic E-state index is 0.845. The molecular formula is C14H23N3. The van der Waals surface area contributed by atoms with Gasteiger partial charge < -0.3 is 16.0 Å². The van der Waals surface area contributed by atoms with Gasteiger partial charge in [-0.05, 0) is 63.0 Å². The second kappa shape index (κ2) is 6.50. The van der Waals surface area contributed by atoms with Crippen molar-refractivity contribution in [1.82, 2.24) is 5.32 Å². The summed E-state index contributed by atoms with van der Waals surface area (Å²) >= 11 is 0. The number of nitrogen functional groups attached to an aromatic ring is 1. The fourth-order valence-corrected chi connectivity index (χ4v) is 2.29. The molecule has 0 aromatic heterocycles. The molecule has 0 saturated carbocycles. The van der Waals surface area contributed by atoms with E-state index in [-0.39, 0.29) is 0 Å². The van der Waals surface area contributed by atoms with E-state index in [1.807, 2.05) is 12.1 Å². The van der Waals surface area contributed by atoms with Gasteiger partial charge in [-0.2, -0.15) is 0 Å². The van der Waals surface area contributed by atoms with Gasteiger partial charge in [0.15, 0.2) is 0 Å². The van der Waals surface area contributed by atoms with Crippen LogP contribution in [0.4, 0.5) is 11.4 Å². The van der Waals surface area contributed by atoms with Crippen molar-refractivity contribution in [3.05, 3.63) is 24.3 Å². The van der Waals surface area contributed by atoms with Gasteiger partial charge in [-0.1, -0.05) is 0 Å². The van der Waals surface area contributed by atoms with Crippen molar-refractivity contribution in [1.29, 1.82) is 0 Å². The molecule has 0 spiro atoms. The Labute approximate surface area is 104 Å². The lowest BCUT2D eigenvalue weighted by Gasteiger charge is -2.17. The Morgan fingerprint density at radius 3 is 1.94 bits per heavy atom. The maximum absolute atomic E-state index is 5.61.